The van der Waals surface area contributed by atoms with Gasteiger partial charge >= 0.3 is 6.03 Å². The second-order valence-corrected chi connectivity index (χ2v) is 5.72. The Morgan fingerprint density at radius 2 is 2.00 bits per heavy atom. The van der Waals surface area contributed by atoms with Gasteiger partial charge in [-0.15, -0.1) is 0 Å². The summed E-state index contributed by atoms with van der Waals surface area (Å²) in [4.78, 5) is 11.4. The van der Waals surface area contributed by atoms with Gasteiger partial charge in [0, 0.05) is 12.6 Å². The normalized spacial score (nSPS) is 15.9. The molecule has 94 valence electrons. The van der Waals surface area contributed by atoms with Crippen molar-refractivity contribution in [2.24, 2.45) is 5.41 Å². The zero-order chi connectivity index (χ0) is 12.0. The molecule has 2 N–H and O–H groups in total. The Morgan fingerprint density at radius 1 is 1.31 bits per heavy atom. The van der Waals surface area contributed by atoms with E-state index in [1.807, 2.05) is 0 Å². The first kappa shape index (κ1) is 13.3. The first-order valence-corrected chi connectivity index (χ1v) is 6.58. The Hall–Kier alpha value is -0.730. The van der Waals surface area contributed by atoms with Crippen LogP contribution < -0.4 is 10.6 Å². The molecule has 16 heavy (non-hydrogen) atoms. The van der Waals surface area contributed by atoms with Crippen molar-refractivity contribution < 1.29 is 4.79 Å². The molecule has 0 saturated heterocycles. The molecule has 3 nitrogen and oxygen atoms in total. The minimum absolute atomic E-state index is 0.00562. The molecule has 1 aliphatic carbocycles. The second-order valence-electron chi connectivity index (χ2n) is 5.72. The number of carbonyl (C=O) groups is 1. The van der Waals surface area contributed by atoms with Crippen molar-refractivity contribution in [3.8, 4) is 0 Å². The smallest absolute Gasteiger partial charge is 0.315 e. The van der Waals surface area contributed by atoms with Gasteiger partial charge in [0.2, 0.25) is 0 Å². The summed E-state index contributed by atoms with van der Waals surface area (Å²) in [5.74, 6) is 0. The summed E-state index contributed by atoms with van der Waals surface area (Å²) in [7, 11) is 0. The molecule has 0 aromatic carbocycles. The fraction of sp³-hybridized carbons (Fsp3) is 0.923. The molecule has 0 aromatic rings. The van der Waals surface area contributed by atoms with E-state index in [9.17, 15) is 4.79 Å². The van der Waals surface area contributed by atoms with Gasteiger partial charge < -0.3 is 10.6 Å². The Kier molecular flexibility index (Phi) is 5.10. The third-order valence-corrected chi connectivity index (χ3v) is 3.10. The minimum atomic E-state index is 0.00562. The van der Waals surface area contributed by atoms with Crippen LogP contribution in [0, 0.1) is 5.41 Å². The molecule has 0 bridgehead atoms. The SMILES string of the molecule is CCCCCC(C)(C)CNC(=O)NC1CC1. The van der Waals surface area contributed by atoms with Crippen LogP contribution in [-0.4, -0.2) is 18.6 Å². The topological polar surface area (TPSA) is 41.1 Å². The minimum Gasteiger partial charge on any atom is -0.338 e. The maximum Gasteiger partial charge on any atom is 0.315 e. The quantitative estimate of drug-likeness (QED) is 0.644. The van der Waals surface area contributed by atoms with Crippen molar-refractivity contribution in [2.45, 2.75) is 65.3 Å². The molecule has 0 aliphatic heterocycles. The molecule has 1 aliphatic rings. The maximum absolute atomic E-state index is 11.4. The standard InChI is InChI=1S/C13H26N2O/c1-4-5-6-9-13(2,3)10-14-12(16)15-11-7-8-11/h11H,4-10H2,1-3H3,(H2,14,15,16). The van der Waals surface area contributed by atoms with Gasteiger partial charge in [-0.05, 0) is 24.7 Å². The fourth-order valence-electron chi connectivity index (χ4n) is 1.73. The van der Waals surface area contributed by atoms with Gasteiger partial charge in [-0.3, -0.25) is 0 Å². The van der Waals surface area contributed by atoms with Crippen LogP contribution in [0.15, 0.2) is 0 Å². The Balaban J connectivity index is 2.10. The lowest BCUT2D eigenvalue weighted by Crippen LogP contribution is -2.41. The molecule has 0 aromatic heterocycles. The Morgan fingerprint density at radius 3 is 2.56 bits per heavy atom. The van der Waals surface area contributed by atoms with Gasteiger partial charge in [0.05, 0.1) is 0 Å². The first-order valence-electron chi connectivity index (χ1n) is 6.58. The van der Waals surface area contributed by atoms with Crippen LogP contribution in [-0.2, 0) is 0 Å². The molecule has 0 unspecified atom stereocenters. The van der Waals surface area contributed by atoms with E-state index in [2.05, 4.69) is 31.4 Å². The lowest BCUT2D eigenvalue weighted by molar-refractivity contribution is 0.230. The molecular formula is C13H26N2O. The van der Waals surface area contributed by atoms with Crippen LogP contribution in [0.2, 0.25) is 0 Å². The summed E-state index contributed by atoms with van der Waals surface area (Å²) in [5, 5.41) is 5.91. The van der Waals surface area contributed by atoms with E-state index < -0.39 is 0 Å². The van der Waals surface area contributed by atoms with E-state index in [-0.39, 0.29) is 11.4 Å². The number of hydrogen-bond donors (Lipinski definition) is 2. The highest BCUT2D eigenvalue weighted by Gasteiger charge is 2.24. The van der Waals surface area contributed by atoms with Gasteiger partial charge in [0.1, 0.15) is 0 Å². The van der Waals surface area contributed by atoms with E-state index in [1.54, 1.807) is 0 Å². The van der Waals surface area contributed by atoms with E-state index in [4.69, 9.17) is 0 Å². The molecule has 0 radical (unpaired) electrons. The third-order valence-electron chi connectivity index (χ3n) is 3.10. The summed E-state index contributed by atoms with van der Waals surface area (Å²) in [6.07, 6.45) is 7.28. The molecule has 1 fully saturated rings. The van der Waals surface area contributed by atoms with Crippen LogP contribution >= 0.6 is 0 Å². The lowest BCUT2D eigenvalue weighted by Gasteiger charge is -2.25. The van der Waals surface area contributed by atoms with Crippen molar-refractivity contribution in [1.29, 1.82) is 0 Å². The fourth-order valence-corrected chi connectivity index (χ4v) is 1.73. The average Bonchev–Trinajstić information content (AvgIpc) is 2.99. The van der Waals surface area contributed by atoms with Crippen LogP contribution in [0.5, 0.6) is 0 Å². The van der Waals surface area contributed by atoms with Gasteiger partial charge in [0.25, 0.3) is 0 Å². The lowest BCUT2D eigenvalue weighted by atomic mass is 9.87. The number of amides is 2. The van der Waals surface area contributed by atoms with Gasteiger partial charge in [-0.1, -0.05) is 40.0 Å². The molecular weight excluding hydrogens is 200 g/mol. The molecule has 3 heteroatoms. The molecule has 0 heterocycles. The van der Waals surface area contributed by atoms with E-state index >= 15 is 0 Å². The van der Waals surface area contributed by atoms with Crippen molar-refractivity contribution in [2.75, 3.05) is 6.54 Å². The van der Waals surface area contributed by atoms with Crippen molar-refractivity contribution in [3.63, 3.8) is 0 Å². The monoisotopic (exact) mass is 226 g/mol. The molecule has 0 spiro atoms. The van der Waals surface area contributed by atoms with Gasteiger partial charge in [-0.2, -0.15) is 0 Å². The third kappa shape index (κ3) is 5.99. The molecule has 2 amide bonds. The maximum atomic E-state index is 11.4. The van der Waals surface area contributed by atoms with E-state index in [0.717, 1.165) is 19.4 Å². The summed E-state index contributed by atoms with van der Waals surface area (Å²) in [5.41, 5.74) is 0.218. The average molecular weight is 226 g/mol. The van der Waals surface area contributed by atoms with Crippen LogP contribution in [0.3, 0.4) is 0 Å². The number of rotatable bonds is 7. The Bertz CT molecular complexity index is 222. The summed E-state index contributed by atoms with van der Waals surface area (Å²) >= 11 is 0. The highest BCUT2D eigenvalue weighted by Crippen LogP contribution is 2.23. The highest BCUT2D eigenvalue weighted by molar-refractivity contribution is 5.74. The van der Waals surface area contributed by atoms with Crippen LogP contribution in [0.4, 0.5) is 4.79 Å². The van der Waals surface area contributed by atoms with Crippen molar-refractivity contribution in [3.05, 3.63) is 0 Å². The second kappa shape index (κ2) is 6.12. The summed E-state index contributed by atoms with van der Waals surface area (Å²) in [6, 6.07) is 0.453. The molecule has 1 saturated carbocycles. The zero-order valence-corrected chi connectivity index (χ0v) is 10.9. The predicted octanol–water partition coefficient (Wildman–Crippen LogP) is 3.05. The Labute approximate surface area is 99.4 Å². The predicted molar refractivity (Wildman–Crippen MR) is 67.5 cm³/mol. The van der Waals surface area contributed by atoms with Crippen LogP contribution in [0.1, 0.15) is 59.3 Å². The van der Waals surface area contributed by atoms with E-state index in [1.165, 1.54) is 25.7 Å². The summed E-state index contributed by atoms with van der Waals surface area (Å²) < 4.78 is 0. The number of urea groups is 1. The largest absolute Gasteiger partial charge is 0.338 e. The summed E-state index contributed by atoms with van der Waals surface area (Å²) in [6.45, 7) is 7.43. The van der Waals surface area contributed by atoms with Gasteiger partial charge in [0.15, 0.2) is 0 Å². The van der Waals surface area contributed by atoms with Crippen molar-refractivity contribution >= 4 is 6.03 Å². The van der Waals surface area contributed by atoms with Gasteiger partial charge in [-0.25, -0.2) is 4.79 Å². The van der Waals surface area contributed by atoms with Crippen LogP contribution in [0.25, 0.3) is 0 Å². The number of hydrogen-bond acceptors (Lipinski definition) is 1. The number of unbranched alkanes of at least 4 members (excludes halogenated alkanes) is 2. The van der Waals surface area contributed by atoms with E-state index in [0.29, 0.717) is 6.04 Å². The number of nitrogens with one attached hydrogen (secondary N) is 2. The van der Waals surface area contributed by atoms with Crippen molar-refractivity contribution in [1.82, 2.24) is 10.6 Å². The first-order chi connectivity index (χ1) is 7.53. The number of carbonyl (C=O) groups excluding carboxylic acids is 1. The zero-order valence-electron chi connectivity index (χ0n) is 10.9. The molecule has 1 rings (SSSR count). The molecule has 0 atom stereocenters. The highest BCUT2D eigenvalue weighted by atomic mass is 16.2.